The van der Waals surface area contributed by atoms with Crippen LogP contribution in [0.2, 0.25) is 5.02 Å². The maximum atomic E-state index is 13.1. The van der Waals surface area contributed by atoms with E-state index in [9.17, 15) is 9.59 Å². The number of carbonyl (C=O) groups excluding carboxylic acids is 2. The average Bonchev–Trinajstić information content (AvgIpc) is 3.28. The molecule has 2 fully saturated rings. The Balaban J connectivity index is 1.34. The molecule has 2 aromatic rings. The van der Waals surface area contributed by atoms with Crippen LogP contribution in [0.3, 0.4) is 0 Å². The zero-order valence-corrected chi connectivity index (χ0v) is 17.2. The Labute approximate surface area is 175 Å². The zero-order valence-electron chi connectivity index (χ0n) is 16.4. The lowest BCUT2D eigenvalue weighted by atomic mass is 9.85. The summed E-state index contributed by atoms with van der Waals surface area (Å²) in [5.41, 5.74) is 1.32. The second-order valence-corrected chi connectivity index (χ2v) is 8.28. The molecule has 152 valence electrons. The largest absolute Gasteiger partial charge is 0.483 e. The predicted molar refractivity (Wildman–Crippen MR) is 110 cm³/mol. The number of aromatic nitrogens is 1. The highest BCUT2D eigenvalue weighted by Crippen LogP contribution is 2.41. The van der Waals surface area contributed by atoms with E-state index in [2.05, 4.69) is 4.98 Å². The number of benzene rings is 1. The first-order chi connectivity index (χ1) is 14.0. The average molecular weight is 414 g/mol. The first-order valence-corrected chi connectivity index (χ1v) is 10.2. The van der Waals surface area contributed by atoms with Crippen molar-refractivity contribution in [1.29, 1.82) is 0 Å². The van der Waals surface area contributed by atoms with Gasteiger partial charge in [-0.05, 0) is 55.7 Å². The molecule has 1 unspecified atom stereocenters. The molecule has 2 saturated heterocycles. The van der Waals surface area contributed by atoms with E-state index < -0.39 is 5.41 Å². The van der Waals surface area contributed by atoms with Crippen LogP contribution in [0.5, 0.6) is 5.75 Å². The van der Waals surface area contributed by atoms with Crippen LogP contribution in [0.15, 0.2) is 42.6 Å². The molecule has 0 radical (unpaired) electrons. The topological polar surface area (TPSA) is 62.7 Å². The van der Waals surface area contributed by atoms with Crippen LogP contribution >= 0.6 is 11.6 Å². The Hall–Kier alpha value is -2.60. The standard InChI is InChI=1S/C22H24ClN3O3/c1-16-12-17(23)5-6-19(16)29-14-20(27)26-11-8-22(15-26)7-10-25(21(22)28)13-18-4-2-3-9-24-18/h2-6,9,12H,7-8,10-11,13-15H2,1H3. The summed E-state index contributed by atoms with van der Waals surface area (Å²) >= 11 is 5.96. The van der Waals surface area contributed by atoms with Gasteiger partial charge in [0.15, 0.2) is 6.61 Å². The number of likely N-dealkylation sites (tertiary alicyclic amines) is 2. The van der Waals surface area contributed by atoms with Gasteiger partial charge >= 0.3 is 0 Å². The van der Waals surface area contributed by atoms with Crippen molar-refractivity contribution in [2.75, 3.05) is 26.2 Å². The molecule has 6 nitrogen and oxygen atoms in total. The summed E-state index contributed by atoms with van der Waals surface area (Å²) in [5, 5.41) is 0.637. The molecule has 0 aliphatic carbocycles. The summed E-state index contributed by atoms with van der Waals surface area (Å²) < 4.78 is 5.69. The van der Waals surface area contributed by atoms with E-state index >= 15 is 0 Å². The van der Waals surface area contributed by atoms with Crippen molar-refractivity contribution < 1.29 is 14.3 Å². The van der Waals surface area contributed by atoms with E-state index in [1.165, 1.54) is 0 Å². The van der Waals surface area contributed by atoms with Gasteiger partial charge < -0.3 is 14.5 Å². The van der Waals surface area contributed by atoms with Crippen LogP contribution in [0.25, 0.3) is 0 Å². The number of nitrogens with zero attached hydrogens (tertiary/aromatic N) is 3. The number of amides is 2. The van der Waals surface area contributed by atoms with E-state index in [0.717, 1.165) is 17.7 Å². The molecule has 2 aliphatic rings. The van der Waals surface area contributed by atoms with E-state index in [1.54, 1.807) is 29.3 Å². The Morgan fingerprint density at radius 3 is 2.83 bits per heavy atom. The summed E-state index contributed by atoms with van der Waals surface area (Å²) in [4.78, 5) is 33.7. The molecule has 0 saturated carbocycles. The fourth-order valence-corrected chi connectivity index (χ4v) is 4.43. The Bertz CT molecular complexity index is 921. The number of rotatable bonds is 5. The Morgan fingerprint density at radius 1 is 1.24 bits per heavy atom. The van der Waals surface area contributed by atoms with Crippen molar-refractivity contribution in [2.24, 2.45) is 5.41 Å². The van der Waals surface area contributed by atoms with Crippen LogP contribution in [0.1, 0.15) is 24.1 Å². The second kappa shape index (κ2) is 8.03. The monoisotopic (exact) mass is 413 g/mol. The Kier molecular flexibility index (Phi) is 5.46. The van der Waals surface area contributed by atoms with Gasteiger partial charge in [-0.2, -0.15) is 0 Å². The smallest absolute Gasteiger partial charge is 0.260 e. The predicted octanol–water partition coefficient (Wildman–Crippen LogP) is 3.07. The molecule has 0 N–H and O–H groups in total. The van der Waals surface area contributed by atoms with E-state index in [4.69, 9.17) is 16.3 Å². The third kappa shape index (κ3) is 4.08. The molecule has 7 heteroatoms. The molecule has 1 aromatic heterocycles. The zero-order chi connectivity index (χ0) is 20.4. The molecular formula is C22H24ClN3O3. The maximum absolute atomic E-state index is 13.1. The summed E-state index contributed by atoms with van der Waals surface area (Å²) in [6.07, 6.45) is 3.22. The summed E-state index contributed by atoms with van der Waals surface area (Å²) in [5.74, 6) is 0.690. The van der Waals surface area contributed by atoms with Gasteiger partial charge in [0.05, 0.1) is 17.7 Å². The van der Waals surface area contributed by atoms with Crippen molar-refractivity contribution in [2.45, 2.75) is 26.3 Å². The minimum absolute atomic E-state index is 0.0373. The number of pyridine rings is 1. The third-order valence-electron chi connectivity index (χ3n) is 5.87. The number of hydrogen-bond acceptors (Lipinski definition) is 4. The van der Waals surface area contributed by atoms with Crippen LogP contribution < -0.4 is 4.74 Å². The van der Waals surface area contributed by atoms with Crippen molar-refractivity contribution in [3.63, 3.8) is 0 Å². The molecule has 4 rings (SSSR count). The molecule has 29 heavy (non-hydrogen) atoms. The molecule has 1 aromatic carbocycles. The number of ether oxygens (including phenoxy) is 1. The van der Waals surface area contributed by atoms with Gasteiger partial charge in [-0.1, -0.05) is 17.7 Å². The summed E-state index contributed by atoms with van der Waals surface area (Å²) in [7, 11) is 0. The lowest BCUT2D eigenvalue weighted by Crippen LogP contribution is -2.39. The lowest BCUT2D eigenvalue weighted by molar-refractivity contribution is -0.137. The van der Waals surface area contributed by atoms with Crippen LogP contribution in [-0.4, -0.2) is 52.8 Å². The molecule has 2 aliphatic heterocycles. The van der Waals surface area contributed by atoms with Crippen molar-refractivity contribution in [3.8, 4) is 5.75 Å². The first kappa shape index (κ1) is 19.7. The second-order valence-electron chi connectivity index (χ2n) is 7.84. The summed E-state index contributed by atoms with van der Waals surface area (Å²) in [6.45, 7) is 4.14. The molecule has 2 amide bonds. The molecule has 0 bridgehead atoms. The van der Waals surface area contributed by atoms with E-state index in [-0.39, 0.29) is 18.4 Å². The van der Waals surface area contributed by atoms with Crippen molar-refractivity contribution >= 4 is 23.4 Å². The normalized spacial score (nSPS) is 21.2. The quantitative estimate of drug-likeness (QED) is 0.755. The van der Waals surface area contributed by atoms with Gasteiger partial charge in [-0.25, -0.2) is 0 Å². The van der Waals surface area contributed by atoms with Gasteiger partial charge in [0, 0.05) is 30.9 Å². The van der Waals surface area contributed by atoms with Crippen LogP contribution in [-0.2, 0) is 16.1 Å². The minimum atomic E-state index is -0.458. The van der Waals surface area contributed by atoms with Crippen LogP contribution in [0, 0.1) is 12.3 Å². The van der Waals surface area contributed by atoms with Crippen molar-refractivity contribution in [3.05, 3.63) is 58.9 Å². The summed E-state index contributed by atoms with van der Waals surface area (Å²) in [6, 6.07) is 11.0. The fourth-order valence-electron chi connectivity index (χ4n) is 4.20. The maximum Gasteiger partial charge on any atom is 0.260 e. The van der Waals surface area contributed by atoms with Crippen LogP contribution in [0.4, 0.5) is 0 Å². The number of carbonyl (C=O) groups is 2. The van der Waals surface area contributed by atoms with Gasteiger partial charge in [0.25, 0.3) is 5.91 Å². The highest BCUT2D eigenvalue weighted by Gasteiger charge is 2.51. The fraction of sp³-hybridized carbons (Fsp3) is 0.409. The molecular weight excluding hydrogens is 390 g/mol. The molecule has 1 spiro atoms. The number of hydrogen-bond donors (Lipinski definition) is 0. The minimum Gasteiger partial charge on any atom is -0.483 e. The number of halogens is 1. The molecule has 1 atom stereocenters. The van der Waals surface area contributed by atoms with Gasteiger partial charge in [-0.3, -0.25) is 14.6 Å². The van der Waals surface area contributed by atoms with E-state index in [0.29, 0.717) is 43.4 Å². The van der Waals surface area contributed by atoms with Gasteiger partial charge in [-0.15, -0.1) is 0 Å². The van der Waals surface area contributed by atoms with Gasteiger partial charge in [0.1, 0.15) is 5.75 Å². The molecule has 3 heterocycles. The third-order valence-corrected chi connectivity index (χ3v) is 6.11. The Morgan fingerprint density at radius 2 is 2.07 bits per heavy atom. The lowest BCUT2D eigenvalue weighted by Gasteiger charge is -2.23. The highest BCUT2D eigenvalue weighted by molar-refractivity contribution is 6.30. The van der Waals surface area contributed by atoms with Crippen molar-refractivity contribution in [1.82, 2.24) is 14.8 Å². The highest BCUT2D eigenvalue weighted by atomic mass is 35.5. The first-order valence-electron chi connectivity index (χ1n) is 9.83. The number of aryl methyl sites for hydroxylation is 1. The SMILES string of the molecule is Cc1cc(Cl)ccc1OCC(=O)N1CCC2(CCN(Cc3ccccn3)C2=O)C1. The van der Waals surface area contributed by atoms with E-state index in [1.807, 2.05) is 30.0 Å². The van der Waals surface area contributed by atoms with Gasteiger partial charge in [0.2, 0.25) is 5.91 Å².